The predicted molar refractivity (Wildman–Crippen MR) is 61.4 cm³/mol. The number of ketones is 2. The lowest BCUT2D eigenvalue weighted by Crippen LogP contribution is -2.54. The maximum absolute atomic E-state index is 11.6. The first-order valence-electron chi connectivity index (χ1n) is 5.08. The number of rotatable bonds is 0. The van der Waals surface area contributed by atoms with E-state index < -0.39 is 47.1 Å². The molecule has 0 spiro atoms. The van der Waals surface area contributed by atoms with Crippen LogP contribution in [0.3, 0.4) is 0 Å². The molecular weight excluding hydrogens is 248 g/mol. The van der Waals surface area contributed by atoms with Gasteiger partial charge in [-0.05, 0) is 0 Å². The third-order valence-corrected chi connectivity index (χ3v) is 7.70. The van der Waals surface area contributed by atoms with Crippen LogP contribution in [0.4, 0.5) is 0 Å². The normalized spacial score (nSPS) is 46.8. The van der Waals surface area contributed by atoms with E-state index in [1.54, 1.807) is 0 Å². The highest BCUT2D eigenvalue weighted by Gasteiger charge is 2.45. The van der Waals surface area contributed by atoms with E-state index in [-0.39, 0.29) is 0 Å². The van der Waals surface area contributed by atoms with Crippen molar-refractivity contribution < 1.29 is 30.0 Å². The number of Topliss-reactive ketones (excluding diaryl/α,β-unsaturated/α-hetero) is 2. The number of hydrogen-bond acceptors (Lipinski definition) is 6. The van der Waals surface area contributed by atoms with Gasteiger partial charge in [0.15, 0.2) is 11.6 Å². The summed E-state index contributed by atoms with van der Waals surface area (Å²) >= 11 is 0. The summed E-state index contributed by atoms with van der Waals surface area (Å²) in [5, 5.41) is 37.8. The molecule has 1 rings (SSSR count). The van der Waals surface area contributed by atoms with E-state index in [2.05, 4.69) is 0 Å². The fraction of sp³-hybridized carbons (Fsp3) is 0.750. The molecule has 0 radical (unpaired) electrons. The molecule has 92 valence electrons. The minimum absolute atomic E-state index is 0.367. The second kappa shape index (κ2) is 4.86. The lowest BCUT2D eigenvalue weighted by atomic mass is 9.89. The maximum Gasteiger partial charge on any atom is 0.163 e. The van der Waals surface area contributed by atoms with E-state index in [9.17, 15) is 30.0 Å². The molecule has 0 aromatic carbocycles. The van der Waals surface area contributed by atoms with Gasteiger partial charge in [0.1, 0.15) is 24.4 Å². The van der Waals surface area contributed by atoms with Crippen molar-refractivity contribution in [2.24, 2.45) is 0 Å². The molecule has 1 saturated carbocycles. The summed E-state index contributed by atoms with van der Waals surface area (Å²) in [5.41, 5.74) is -1.21. The molecule has 0 aromatic heterocycles. The summed E-state index contributed by atoms with van der Waals surface area (Å²) in [6, 6.07) is 0. The van der Waals surface area contributed by atoms with E-state index in [0.717, 1.165) is 0 Å². The quantitative estimate of drug-likeness (QED) is 0.325. The Bertz CT molecular complexity index is 279. The van der Waals surface area contributed by atoms with Crippen LogP contribution in [0.5, 0.6) is 0 Å². The first-order valence-corrected chi connectivity index (χ1v) is 7.39. The summed E-state index contributed by atoms with van der Waals surface area (Å²) in [4.78, 5) is 23.2. The number of hydrogen-bond donors (Lipinski definition) is 4. The first kappa shape index (κ1) is 13.7. The zero-order valence-electron chi connectivity index (χ0n) is 9.07. The Labute approximate surface area is 98.1 Å². The average molecular weight is 264 g/mol. The van der Waals surface area contributed by atoms with Crippen molar-refractivity contribution >= 4 is 32.1 Å². The number of aliphatic hydroxyl groups is 4. The highest BCUT2D eigenvalue weighted by atomic mass is 28.2. The van der Waals surface area contributed by atoms with Crippen LogP contribution in [0.15, 0.2) is 0 Å². The van der Waals surface area contributed by atoms with E-state index in [0.29, 0.717) is 20.5 Å². The number of aliphatic hydroxyl groups excluding tert-OH is 4. The number of carbonyl (C=O) groups excluding carboxylic acids is 2. The van der Waals surface area contributed by atoms with Crippen molar-refractivity contribution in [3.63, 3.8) is 0 Å². The van der Waals surface area contributed by atoms with Crippen molar-refractivity contribution in [1.82, 2.24) is 0 Å². The molecule has 0 aromatic rings. The molecule has 6 atom stereocenters. The predicted octanol–water partition coefficient (Wildman–Crippen LogP) is -5.11. The average Bonchev–Trinajstić information content (AvgIpc) is 2.30. The molecule has 4 N–H and O–H groups in total. The molecule has 1 fully saturated rings. The minimum atomic E-state index is -1.81. The van der Waals surface area contributed by atoms with Gasteiger partial charge in [0.05, 0.1) is 0 Å². The van der Waals surface area contributed by atoms with E-state index in [1.807, 2.05) is 0 Å². The van der Waals surface area contributed by atoms with Crippen LogP contribution in [0, 0.1) is 0 Å². The van der Waals surface area contributed by atoms with Gasteiger partial charge < -0.3 is 20.4 Å². The van der Waals surface area contributed by atoms with Crippen LogP contribution >= 0.6 is 0 Å². The van der Waals surface area contributed by atoms with Gasteiger partial charge in [0.2, 0.25) is 0 Å². The SMILES string of the molecule is O=C1C(O)C(O)C(O)C(O)C(=O)C([SiH3])C1[SiH3]. The Kier molecular flexibility index (Phi) is 4.15. The Morgan fingerprint density at radius 1 is 0.750 bits per heavy atom. The second-order valence-electron chi connectivity index (χ2n) is 4.25. The summed E-state index contributed by atoms with van der Waals surface area (Å²) in [6.07, 6.45) is -7.07. The molecule has 0 aliphatic heterocycles. The van der Waals surface area contributed by atoms with Gasteiger partial charge in [-0.15, -0.1) is 0 Å². The summed E-state index contributed by atoms with van der Waals surface area (Å²) < 4.78 is 0. The minimum Gasteiger partial charge on any atom is -0.387 e. The molecule has 0 heterocycles. The molecule has 0 saturated heterocycles. The third-order valence-electron chi connectivity index (χ3n) is 3.23. The Balaban J connectivity index is 3.07. The van der Waals surface area contributed by atoms with Gasteiger partial charge in [0, 0.05) is 31.6 Å². The van der Waals surface area contributed by atoms with E-state index >= 15 is 0 Å². The Morgan fingerprint density at radius 3 is 1.25 bits per heavy atom. The molecule has 0 amide bonds. The zero-order valence-corrected chi connectivity index (χ0v) is 13.1. The van der Waals surface area contributed by atoms with Crippen LogP contribution < -0.4 is 0 Å². The molecule has 1 aliphatic carbocycles. The van der Waals surface area contributed by atoms with Crippen LogP contribution in [-0.4, -0.2) is 76.9 Å². The van der Waals surface area contributed by atoms with Crippen molar-refractivity contribution in [2.75, 3.05) is 0 Å². The van der Waals surface area contributed by atoms with Gasteiger partial charge in [-0.2, -0.15) is 0 Å². The topological polar surface area (TPSA) is 115 Å². The highest BCUT2D eigenvalue weighted by Crippen LogP contribution is 2.28. The van der Waals surface area contributed by atoms with Gasteiger partial charge in [-0.25, -0.2) is 0 Å². The van der Waals surface area contributed by atoms with Crippen LogP contribution in [0.25, 0.3) is 0 Å². The second-order valence-corrected chi connectivity index (χ2v) is 6.74. The summed E-state index contributed by atoms with van der Waals surface area (Å²) in [5.74, 6) is -1.23. The standard InChI is InChI=1S/C8H16O6Si2/c9-1-2(10)4(12)6(14)8(16)7(15)5(13)3(1)11/h1-4,7-12H,15-16H3. The van der Waals surface area contributed by atoms with E-state index in [1.165, 1.54) is 0 Å². The fourth-order valence-corrected chi connectivity index (χ4v) is 3.08. The number of carbonyl (C=O) groups is 2. The fourth-order valence-electron chi connectivity index (χ4n) is 1.74. The van der Waals surface area contributed by atoms with Crippen LogP contribution in [-0.2, 0) is 9.59 Å². The zero-order chi connectivity index (χ0) is 12.6. The molecule has 1 aliphatic rings. The third kappa shape index (κ3) is 2.17. The van der Waals surface area contributed by atoms with Crippen LogP contribution in [0.1, 0.15) is 0 Å². The monoisotopic (exact) mass is 264 g/mol. The smallest absolute Gasteiger partial charge is 0.163 e. The van der Waals surface area contributed by atoms with Gasteiger partial charge in [-0.1, -0.05) is 0 Å². The van der Waals surface area contributed by atoms with Gasteiger partial charge in [-0.3, -0.25) is 9.59 Å². The Morgan fingerprint density at radius 2 is 1.00 bits per heavy atom. The lowest BCUT2D eigenvalue weighted by molar-refractivity contribution is -0.157. The first-order chi connectivity index (χ1) is 7.29. The molecule has 0 bridgehead atoms. The molecule has 8 heteroatoms. The van der Waals surface area contributed by atoms with Crippen molar-refractivity contribution in [3.8, 4) is 0 Å². The van der Waals surface area contributed by atoms with Crippen molar-refractivity contribution in [3.05, 3.63) is 0 Å². The lowest BCUT2D eigenvalue weighted by Gasteiger charge is -2.32. The Hall–Kier alpha value is -0.386. The van der Waals surface area contributed by atoms with Crippen molar-refractivity contribution in [2.45, 2.75) is 35.5 Å². The van der Waals surface area contributed by atoms with Crippen molar-refractivity contribution in [1.29, 1.82) is 0 Å². The van der Waals surface area contributed by atoms with E-state index in [4.69, 9.17) is 0 Å². The molecular formula is C8H16O6Si2. The summed E-state index contributed by atoms with van der Waals surface area (Å²) in [6.45, 7) is 0. The summed E-state index contributed by atoms with van der Waals surface area (Å²) in [7, 11) is 0.734. The van der Waals surface area contributed by atoms with Gasteiger partial charge in [0.25, 0.3) is 0 Å². The molecule has 16 heavy (non-hydrogen) atoms. The maximum atomic E-state index is 11.6. The molecule has 6 nitrogen and oxygen atoms in total. The van der Waals surface area contributed by atoms with Crippen LogP contribution in [0.2, 0.25) is 11.1 Å². The van der Waals surface area contributed by atoms with Gasteiger partial charge >= 0.3 is 0 Å². The highest BCUT2D eigenvalue weighted by molar-refractivity contribution is 6.37. The molecule has 6 unspecified atom stereocenters. The largest absolute Gasteiger partial charge is 0.387 e.